The molecule has 2 heterocycles. The Bertz CT molecular complexity index is 367. The van der Waals surface area contributed by atoms with E-state index in [1.165, 1.54) is 12.8 Å². The summed E-state index contributed by atoms with van der Waals surface area (Å²) in [7, 11) is 0. The van der Waals surface area contributed by atoms with Crippen molar-refractivity contribution in [3.05, 3.63) is 22.9 Å². The number of nitrogens with zero attached hydrogens (tertiary/aromatic N) is 1. The molecule has 0 aromatic carbocycles. The molecule has 3 atom stereocenters. The van der Waals surface area contributed by atoms with Gasteiger partial charge >= 0.3 is 0 Å². The van der Waals surface area contributed by atoms with Crippen LogP contribution in [0, 0.1) is 5.92 Å². The molecule has 0 unspecified atom stereocenters. The summed E-state index contributed by atoms with van der Waals surface area (Å²) in [5.74, 6) is 1.77. The van der Waals surface area contributed by atoms with Crippen molar-refractivity contribution in [3.63, 3.8) is 0 Å². The fourth-order valence-electron chi connectivity index (χ4n) is 2.23. The van der Waals surface area contributed by atoms with Crippen LogP contribution in [0.2, 0.25) is 0 Å². The SMILES string of the molecule is Brc1cncc(OC[C@@H]2C[C@@H]3C[C@@H]3N2)c1.Cl. The summed E-state index contributed by atoms with van der Waals surface area (Å²) in [5.41, 5.74) is 0. The van der Waals surface area contributed by atoms with Crippen molar-refractivity contribution in [2.45, 2.75) is 24.9 Å². The van der Waals surface area contributed by atoms with Gasteiger partial charge in [-0.1, -0.05) is 0 Å². The van der Waals surface area contributed by atoms with E-state index >= 15 is 0 Å². The molecule has 1 aromatic rings. The summed E-state index contributed by atoms with van der Waals surface area (Å²) < 4.78 is 6.65. The fraction of sp³-hybridized carbons (Fsp3) is 0.545. The van der Waals surface area contributed by atoms with Crippen LogP contribution in [0.1, 0.15) is 12.8 Å². The van der Waals surface area contributed by atoms with Crippen molar-refractivity contribution < 1.29 is 4.74 Å². The number of fused-ring (bicyclic) bond motifs is 1. The zero-order valence-corrected chi connectivity index (χ0v) is 11.1. The van der Waals surface area contributed by atoms with Crippen LogP contribution in [0.5, 0.6) is 5.75 Å². The molecule has 0 spiro atoms. The molecule has 16 heavy (non-hydrogen) atoms. The van der Waals surface area contributed by atoms with Crippen LogP contribution in [0.4, 0.5) is 0 Å². The Morgan fingerprint density at radius 3 is 3.00 bits per heavy atom. The van der Waals surface area contributed by atoms with E-state index in [9.17, 15) is 0 Å². The smallest absolute Gasteiger partial charge is 0.138 e. The van der Waals surface area contributed by atoms with E-state index in [0.29, 0.717) is 6.04 Å². The van der Waals surface area contributed by atoms with Crippen LogP contribution in [0.25, 0.3) is 0 Å². The average Bonchev–Trinajstić information content (AvgIpc) is 2.84. The number of nitrogens with one attached hydrogen (secondary N) is 1. The predicted octanol–water partition coefficient (Wildman–Crippen LogP) is 2.40. The maximum Gasteiger partial charge on any atom is 0.138 e. The quantitative estimate of drug-likeness (QED) is 0.931. The Labute approximate surface area is 110 Å². The fourth-order valence-corrected chi connectivity index (χ4v) is 2.58. The highest BCUT2D eigenvalue weighted by Gasteiger charge is 2.45. The average molecular weight is 306 g/mol. The first kappa shape index (κ1) is 12.1. The van der Waals surface area contributed by atoms with Gasteiger partial charge < -0.3 is 10.1 Å². The van der Waals surface area contributed by atoms with E-state index < -0.39 is 0 Å². The molecule has 3 rings (SSSR count). The van der Waals surface area contributed by atoms with Gasteiger partial charge in [0.2, 0.25) is 0 Å². The molecular formula is C11H14BrClN2O. The van der Waals surface area contributed by atoms with Gasteiger partial charge in [-0.25, -0.2) is 0 Å². The number of piperidine rings is 1. The summed E-state index contributed by atoms with van der Waals surface area (Å²) in [6, 6.07) is 3.27. The Kier molecular flexibility index (Phi) is 3.72. The van der Waals surface area contributed by atoms with Gasteiger partial charge in [0.1, 0.15) is 12.4 Å². The van der Waals surface area contributed by atoms with E-state index in [-0.39, 0.29) is 12.4 Å². The van der Waals surface area contributed by atoms with Gasteiger partial charge in [-0.3, -0.25) is 4.98 Å². The van der Waals surface area contributed by atoms with Gasteiger partial charge in [0, 0.05) is 22.8 Å². The number of halogens is 2. The van der Waals surface area contributed by atoms with Crippen molar-refractivity contribution in [2.24, 2.45) is 5.92 Å². The molecule has 2 aliphatic rings. The van der Waals surface area contributed by atoms with Gasteiger partial charge in [0.05, 0.1) is 6.20 Å². The third-order valence-electron chi connectivity index (χ3n) is 3.09. The number of ether oxygens (including phenoxy) is 1. The van der Waals surface area contributed by atoms with Crippen LogP contribution in [-0.2, 0) is 0 Å². The minimum absolute atomic E-state index is 0. The number of pyridine rings is 1. The molecule has 0 bridgehead atoms. The molecule has 0 amide bonds. The molecule has 1 aliphatic heterocycles. The lowest BCUT2D eigenvalue weighted by molar-refractivity contribution is 0.267. The third kappa shape index (κ3) is 2.67. The van der Waals surface area contributed by atoms with E-state index in [4.69, 9.17) is 4.74 Å². The maximum absolute atomic E-state index is 5.68. The zero-order chi connectivity index (χ0) is 10.3. The second kappa shape index (κ2) is 4.90. The standard InChI is InChI=1S/C11H13BrN2O.ClH/c12-8-3-10(5-13-4-8)15-6-9-1-7-2-11(7)14-9;/h3-5,7,9,11,14H,1-2,6H2;1H/t7-,9+,11+;/m1./s1. The van der Waals surface area contributed by atoms with Crippen molar-refractivity contribution >= 4 is 28.3 Å². The molecule has 1 saturated carbocycles. The van der Waals surface area contributed by atoms with Crippen LogP contribution >= 0.6 is 28.3 Å². The van der Waals surface area contributed by atoms with Crippen LogP contribution < -0.4 is 10.1 Å². The highest BCUT2D eigenvalue weighted by Crippen LogP contribution is 2.40. The first-order chi connectivity index (χ1) is 7.31. The Morgan fingerprint density at radius 2 is 2.31 bits per heavy atom. The monoisotopic (exact) mass is 304 g/mol. The summed E-state index contributed by atoms with van der Waals surface area (Å²) in [5, 5.41) is 3.56. The lowest BCUT2D eigenvalue weighted by Crippen LogP contribution is -2.31. The van der Waals surface area contributed by atoms with Crippen LogP contribution in [-0.4, -0.2) is 23.7 Å². The van der Waals surface area contributed by atoms with Gasteiger partial charge in [-0.2, -0.15) is 0 Å². The minimum Gasteiger partial charge on any atom is -0.490 e. The third-order valence-corrected chi connectivity index (χ3v) is 3.52. The Hall–Kier alpha value is -0.320. The van der Waals surface area contributed by atoms with Gasteiger partial charge in [-0.15, -0.1) is 12.4 Å². The molecule has 1 aliphatic carbocycles. The molecule has 1 aromatic heterocycles. The molecule has 1 saturated heterocycles. The van der Waals surface area contributed by atoms with Gasteiger partial charge in [0.15, 0.2) is 0 Å². The second-order valence-corrected chi connectivity index (χ2v) is 5.27. The predicted molar refractivity (Wildman–Crippen MR) is 68.1 cm³/mol. The van der Waals surface area contributed by atoms with Crippen molar-refractivity contribution in [3.8, 4) is 5.75 Å². The Morgan fingerprint density at radius 1 is 1.44 bits per heavy atom. The number of aromatic nitrogens is 1. The van der Waals surface area contributed by atoms with Crippen molar-refractivity contribution in [1.29, 1.82) is 0 Å². The Balaban J connectivity index is 0.000000963. The number of hydrogen-bond donors (Lipinski definition) is 1. The van der Waals surface area contributed by atoms with Crippen LogP contribution in [0.15, 0.2) is 22.9 Å². The van der Waals surface area contributed by atoms with E-state index in [2.05, 4.69) is 26.2 Å². The van der Waals surface area contributed by atoms with E-state index in [1.54, 1.807) is 12.4 Å². The van der Waals surface area contributed by atoms with Crippen LogP contribution in [0.3, 0.4) is 0 Å². The molecule has 5 heteroatoms. The van der Waals surface area contributed by atoms with Gasteiger partial charge in [0.25, 0.3) is 0 Å². The summed E-state index contributed by atoms with van der Waals surface area (Å²) in [6.45, 7) is 0.755. The summed E-state index contributed by atoms with van der Waals surface area (Å²) in [6.07, 6.45) is 6.15. The molecule has 0 radical (unpaired) electrons. The lowest BCUT2D eigenvalue weighted by atomic mass is 10.2. The highest BCUT2D eigenvalue weighted by atomic mass is 79.9. The van der Waals surface area contributed by atoms with Crippen molar-refractivity contribution in [1.82, 2.24) is 10.3 Å². The normalized spacial score (nSPS) is 30.4. The largest absolute Gasteiger partial charge is 0.490 e. The topological polar surface area (TPSA) is 34.1 Å². The molecule has 2 fully saturated rings. The molecule has 3 nitrogen and oxygen atoms in total. The summed E-state index contributed by atoms with van der Waals surface area (Å²) >= 11 is 3.37. The highest BCUT2D eigenvalue weighted by molar-refractivity contribution is 9.10. The number of hydrogen-bond acceptors (Lipinski definition) is 3. The van der Waals surface area contributed by atoms with E-state index in [0.717, 1.165) is 28.8 Å². The first-order valence-electron chi connectivity index (χ1n) is 5.30. The lowest BCUT2D eigenvalue weighted by Gasteiger charge is -2.14. The minimum atomic E-state index is 0. The first-order valence-corrected chi connectivity index (χ1v) is 6.10. The summed E-state index contributed by atoms with van der Waals surface area (Å²) in [4.78, 5) is 4.06. The molecule has 88 valence electrons. The second-order valence-electron chi connectivity index (χ2n) is 4.35. The van der Waals surface area contributed by atoms with E-state index in [1.807, 2.05) is 6.07 Å². The molecule has 1 N–H and O–H groups in total. The molecular weight excluding hydrogens is 291 g/mol. The zero-order valence-electron chi connectivity index (χ0n) is 8.73. The maximum atomic E-state index is 5.68. The number of rotatable bonds is 3. The van der Waals surface area contributed by atoms with Crippen molar-refractivity contribution in [2.75, 3.05) is 6.61 Å². The van der Waals surface area contributed by atoms with Gasteiger partial charge in [-0.05, 0) is 40.8 Å².